The number of benzene rings is 1. The van der Waals surface area contributed by atoms with Crippen LogP contribution in [-0.4, -0.2) is 75.8 Å². The average molecular weight is 715 g/mol. The summed E-state index contributed by atoms with van der Waals surface area (Å²) >= 11 is 6.25. The zero-order chi connectivity index (χ0) is 36.4. The van der Waals surface area contributed by atoms with Gasteiger partial charge in [0.2, 0.25) is 29.3 Å². The molecule has 3 fully saturated rings. The van der Waals surface area contributed by atoms with Crippen LogP contribution in [0.1, 0.15) is 117 Å². The Bertz CT molecular complexity index is 1510. The number of hydrogen-bond acceptors (Lipinski definition) is 7. The van der Waals surface area contributed by atoms with Crippen LogP contribution in [0.15, 0.2) is 29.4 Å². The van der Waals surface area contributed by atoms with Gasteiger partial charge in [-0.05, 0) is 62.5 Å². The van der Waals surface area contributed by atoms with Gasteiger partial charge in [-0.3, -0.25) is 24.0 Å². The summed E-state index contributed by atoms with van der Waals surface area (Å²) in [7, 11) is 0. The van der Waals surface area contributed by atoms with Gasteiger partial charge in [0.15, 0.2) is 5.60 Å². The Morgan fingerprint density at radius 3 is 2.40 bits per heavy atom. The molecule has 12 heteroatoms. The molecule has 274 valence electrons. The molecule has 0 aromatic heterocycles. The first-order chi connectivity index (χ1) is 23.5. The van der Waals surface area contributed by atoms with Gasteiger partial charge in [0, 0.05) is 35.8 Å². The van der Waals surface area contributed by atoms with Crippen molar-refractivity contribution in [2.75, 3.05) is 6.54 Å². The lowest BCUT2D eigenvalue weighted by Gasteiger charge is -2.37. The van der Waals surface area contributed by atoms with Crippen molar-refractivity contribution in [1.82, 2.24) is 15.5 Å². The predicted octanol–water partition coefficient (Wildman–Crippen LogP) is 5.87. The second kappa shape index (κ2) is 15.1. The third kappa shape index (κ3) is 8.75. The Balaban J connectivity index is 1.38. The van der Waals surface area contributed by atoms with E-state index in [2.05, 4.69) is 15.8 Å². The normalized spacial score (nSPS) is 27.9. The molecule has 0 unspecified atom stereocenters. The first kappa shape index (κ1) is 37.9. The van der Waals surface area contributed by atoms with Crippen LogP contribution in [-0.2, 0) is 28.8 Å². The van der Waals surface area contributed by atoms with Crippen LogP contribution in [0.5, 0.6) is 0 Å². The van der Waals surface area contributed by atoms with Gasteiger partial charge >= 0.3 is 0 Å². The van der Waals surface area contributed by atoms with Crippen molar-refractivity contribution in [3.05, 3.63) is 34.9 Å². The number of hydrogen-bond donors (Lipinski definition) is 2. The molecule has 2 heterocycles. The molecule has 50 heavy (non-hydrogen) atoms. The Hall–Kier alpha value is -3.34. The van der Waals surface area contributed by atoms with Crippen molar-refractivity contribution in [3.63, 3.8) is 0 Å². The Kier molecular flexibility index (Phi) is 11.4. The first-order valence-electron chi connectivity index (χ1n) is 18.2. The summed E-state index contributed by atoms with van der Waals surface area (Å²) in [6.45, 7) is 8.87. The van der Waals surface area contributed by atoms with Gasteiger partial charge in [-0.1, -0.05) is 82.3 Å². The van der Waals surface area contributed by atoms with Crippen molar-refractivity contribution in [3.8, 4) is 0 Å². The molecule has 1 aromatic rings. The SMILES string of the molecule is CCC[C@H](NC(=O)[C@@H]1C[C@]2(CC(c3cccc(Cl)c3)=NO2)CN1C(=O)[C@@H](NC(=O)CC1CCCCC1)C(C)(C)C)C(=O)C(=O)C1CC(C)(F)C1. The number of alkyl halides is 1. The highest BCUT2D eigenvalue weighted by Gasteiger charge is 2.56. The predicted molar refractivity (Wildman–Crippen MR) is 188 cm³/mol. The minimum Gasteiger partial charge on any atom is -0.387 e. The molecule has 0 radical (unpaired) electrons. The highest BCUT2D eigenvalue weighted by Crippen LogP contribution is 2.42. The zero-order valence-corrected chi connectivity index (χ0v) is 30.7. The van der Waals surface area contributed by atoms with Crippen LogP contribution in [0.25, 0.3) is 0 Å². The number of ketones is 2. The number of carbonyl (C=O) groups excluding carboxylic acids is 5. The van der Waals surface area contributed by atoms with E-state index in [1.165, 1.54) is 18.2 Å². The second-order valence-electron chi connectivity index (χ2n) is 16.4. The minimum absolute atomic E-state index is 0.0189. The molecule has 3 amide bonds. The molecule has 0 bridgehead atoms. The molecular weight excluding hydrogens is 663 g/mol. The summed E-state index contributed by atoms with van der Waals surface area (Å²) in [5, 5.41) is 10.7. The fourth-order valence-corrected chi connectivity index (χ4v) is 8.18. The number of rotatable bonds is 12. The Labute approximate surface area is 299 Å². The van der Waals surface area contributed by atoms with E-state index in [0.717, 1.165) is 31.2 Å². The number of Topliss-reactive ketones (excluding diaryl/α,β-unsaturated/α-hetero) is 2. The van der Waals surface area contributed by atoms with Gasteiger partial charge in [-0.15, -0.1) is 0 Å². The van der Waals surface area contributed by atoms with Crippen LogP contribution < -0.4 is 10.6 Å². The van der Waals surface area contributed by atoms with Crippen molar-refractivity contribution in [1.29, 1.82) is 0 Å². The summed E-state index contributed by atoms with van der Waals surface area (Å²) in [4.78, 5) is 76.0. The molecule has 4 atom stereocenters. The molecule has 1 spiro atoms. The lowest BCUT2D eigenvalue weighted by molar-refractivity contribution is -0.147. The summed E-state index contributed by atoms with van der Waals surface area (Å²) in [5.74, 6) is -3.09. The molecule has 2 aliphatic carbocycles. The molecule has 1 saturated heterocycles. The van der Waals surface area contributed by atoms with Gasteiger partial charge in [0.25, 0.3) is 0 Å². The second-order valence-corrected chi connectivity index (χ2v) is 16.8. The first-order valence-corrected chi connectivity index (χ1v) is 18.6. The molecule has 2 aliphatic heterocycles. The maximum atomic E-state index is 14.6. The zero-order valence-electron chi connectivity index (χ0n) is 30.0. The van der Waals surface area contributed by atoms with E-state index in [0.29, 0.717) is 30.0 Å². The molecule has 2 saturated carbocycles. The van der Waals surface area contributed by atoms with E-state index >= 15 is 0 Å². The number of nitrogens with zero attached hydrogens (tertiary/aromatic N) is 2. The number of carbonyl (C=O) groups is 5. The molecule has 4 aliphatic rings. The Morgan fingerprint density at radius 1 is 1.08 bits per heavy atom. The quantitative estimate of drug-likeness (QED) is 0.261. The fraction of sp³-hybridized carbons (Fsp3) is 0.684. The lowest BCUT2D eigenvalue weighted by Crippen LogP contribution is -2.59. The van der Waals surface area contributed by atoms with Crippen LogP contribution in [0.2, 0.25) is 5.02 Å². The van der Waals surface area contributed by atoms with E-state index in [1.807, 2.05) is 33.8 Å². The number of amides is 3. The number of oxime groups is 1. The standard InChI is InChI=1S/C38H52ClFN4O6/c1-6-11-27(32(47)31(46)25-18-37(5,40)19-25)41-34(48)29-21-38(20-28(43-50-38)24-14-10-15-26(39)17-24)22-44(29)35(49)33(36(2,3)4)42-30(45)16-23-12-8-7-9-13-23/h10,14-15,17,23,25,27,29,33H,6-9,11-13,16,18-22H2,1-5H3,(H,41,48)(H,42,45)/t25?,27-,29-,33+,37?,38+/m0/s1. The van der Waals surface area contributed by atoms with Gasteiger partial charge < -0.3 is 20.4 Å². The topological polar surface area (TPSA) is 134 Å². The summed E-state index contributed by atoms with van der Waals surface area (Å²) in [6, 6.07) is 4.06. The van der Waals surface area contributed by atoms with E-state index in [1.54, 1.807) is 18.2 Å². The van der Waals surface area contributed by atoms with Gasteiger partial charge in [-0.25, -0.2) is 4.39 Å². The largest absolute Gasteiger partial charge is 0.387 e. The third-order valence-electron chi connectivity index (χ3n) is 10.8. The number of likely N-dealkylation sites (tertiary alicyclic amines) is 1. The molecule has 1 aromatic carbocycles. The van der Waals surface area contributed by atoms with Crippen LogP contribution >= 0.6 is 11.6 Å². The molecule has 5 rings (SSSR count). The van der Waals surface area contributed by atoms with Crippen LogP contribution in [0.3, 0.4) is 0 Å². The maximum Gasteiger partial charge on any atom is 0.246 e. The molecule has 2 N–H and O–H groups in total. The highest BCUT2D eigenvalue weighted by molar-refractivity contribution is 6.40. The molecular formula is C38H52ClFN4O6. The minimum atomic E-state index is -1.48. The van der Waals surface area contributed by atoms with Crippen LogP contribution in [0.4, 0.5) is 4.39 Å². The number of halogens is 2. The van der Waals surface area contributed by atoms with Crippen molar-refractivity contribution < 1.29 is 33.2 Å². The lowest BCUT2D eigenvalue weighted by atomic mass is 9.70. The highest BCUT2D eigenvalue weighted by atomic mass is 35.5. The third-order valence-corrected chi connectivity index (χ3v) is 11.0. The monoisotopic (exact) mass is 714 g/mol. The van der Waals surface area contributed by atoms with Gasteiger partial charge in [0.1, 0.15) is 17.8 Å². The van der Waals surface area contributed by atoms with E-state index < -0.39 is 64.1 Å². The summed E-state index contributed by atoms with van der Waals surface area (Å²) in [5.41, 5.74) is -1.84. The summed E-state index contributed by atoms with van der Waals surface area (Å²) in [6.07, 6.45) is 6.71. The van der Waals surface area contributed by atoms with E-state index in [4.69, 9.17) is 16.4 Å². The van der Waals surface area contributed by atoms with E-state index in [-0.39, 0.29) is 44.1 Å². The van der Waals surface area contributed by atoms with Crippen LogP contribution in [0, 0.1) is 17.3 Å². The van der Waals surface area contributed by atoms with Crippen molar-refractivity contribution in [2.24, 2.45) is 22.4 Å². The average Bonchev–Trinajstić information content (AvgIpc) is 3.64. The number of nitrogens with one attached hydrogen (secondary N) is 2. The van der Waals surface area contributed by atoms with Crippen molar-refractivity contribution >= 4 is 46.6 Å². The molecule has 10 nitrogen and oxygen atoms in total. The fourth-order valence-electron chi connectivity index (χ4n) is 7.99. The van der Waals surface area contributed by atoms with Gasteiger partial charge in [-0.2, -0.15) is 0 Å². The van der Waals surface area contributed by atoms with Crippen molar-refractivity contribution in [2.45, 2.75) is 141 Å². The Morgan fingerprint density at radius 2 is 1.78 bits per heavy atom. The van der Waals surface area contributed by atoms with Gasteiger partial charge in [0.05, 0.1) is 18.3 Å². The smallest absolute Gasteiger partial charge is 0.246 e. The maximum absolute atomic E-state index is 14.6. The summed E-state index contributed by atoms with van der Waals surface area (Å²) < 4.78 is 14.2. The van der Waals surface area contributed by atoms with E-state index in [9.17, 15) is 28.4 Å².